The summed E-state index contributed by atoms with van der Waals surface area (Å²) in [6.07, 6.45) is -0.814. The van der Waals surface area contributed by atoms with Crippen molar-refractivity contribution in [3.63, 3.8) is 0 Å². The number of hydrogen-bond donors (Lipinski definition) is 0. The average Bonchev–Trinajstić information content (AvgIpc) is 2.71. The van der Waals surface area contributed by atoms with Crippen molar-refractivity contribution in [2.75, 3.05) is 13.7 Å². The molecule has 1 aromatic heterocycles. The first-order valence-electron chi connectivity index (χ1n) is 9.88. The number of piperidine rings is 1. The van der Waals surface area contributed by atoms with Crippen LogP contribution in [0.1, 0.15) is 47.8 Å². The quantitative estimate of drug-likeness (QED) is 0.626. The molecule has 3 rings (SSSR count). The van der Waals surface area contributed by atoms with Crippen LogP contribution in [0, 0.1) is 11.7 Å². The fourth-order valence-electron chi connectivity index (χ4n) is 4.02. The number of amides is 1. The Bertz CT molecular complexity index is 884. The van der Waals surface area contributed by atoms with E-state index >= 15 is 0 Å². The molecule has 0 saturated carbocycles. The van der Waals surface area contributed by atoms with Crippen LogP contribution in [0.25, 0.3) is 0 Å². The minimum Gasteiger partial charge on any atom is -0.493 e. The van der Waals surface area contributed by atoms with Gasteiger partial charge in [0.15, 0.2) is 11.6 Å². The first kappa shape index (κ1) is 22.1. The summed E-state index contributed by atoms with van der Waals surface area (Å²) in [6, 6.07) is 6.52. The largest absolute Gasteiger partial charge is 0.493 e. The van der Waals surface area contributed by atoms with E-state index in [0.29, 0.717) is 25.1 Å². The number of nitrogens with zero attached hydrogens (tertiary/aromatic N) is 2. The van der Waals surface area contributed by atoms with Crippen molar-refractivity contribution < 1.29 is 27.1 Å². The molecule has 0 radical (unpaired) electrons. The van der Waals surface area contributed by atoms with Crippen LogP contribution in [0.2, 0.25) is 0 Å². The molecule has 1 amide bonds. The van der Waals surface area contributed by atoms with E-state index in [9.17, 15) is 22.4 Å². The molecule has 1 aliphatic heterocycles. The molecule has 0 bridgehead atoms. The number of benzene rings is 1. The van der Waals surface area contributed by atoms with E-state index in [0.717, 1.165) is 25.1 Å². The maximum Gasteiger partial charge on any atom is 0.417 e. The predicted octanol–water partition coefficient (Wildman–Crippen LogP) is 5.12. The number of carbonyl (C=O) groups is 1. The summed E-state index contributed by atoms with van der Waals surface area (Å²) in [5.74, 6) is -0.775. The lowest BCUT2D eigenvalue weighted by Gasteiger charge is -2.40. The zero-order chi connectivity index (χ0) is 21.9. The molecule has 0 unspecified atom stereocenters. The van der Waals surface area contributed by atoms with Crippen molar-refractivity contribution in [2.45, 2.75) is 44.8 Å². The highest BCUT2D eigenvalue weighted by Gasteiger charge is 2.34. The summed E-state index contributed by atoms with van der Waals surface area (Å²) in [4.78, 5) is 18.9. The van der Waals surface area contributed by atoms with Gasteiger partial charge in [-0.15, -0.1) is 0 Å². The molecule has 1 aliphatic rings. The molecule has 2 heterocycles. The second kappa shape index (κ2) is 9.02. The van der Waals surface area contributed by atoms with Crippen LogP contribution in [0.4, 0.5) is 17.6 Å². The number of likely N-dealkylation sites (tertiary alicyclic amines) is 1. The van der Waals surface area contributed by atoms with Crippen LogP contribution >= 0.6 is 0 Å². The van der Waals surface area contributed by atoms with Crippen LogP contribution < -0.4 is 4.74 Å². The van der Waals surface area contributed by atoms with Gasteiger partial charge >= 0.3 is 6.18 Å². The van der Waals surface area contributed by atoms with E-state index in [1.807, 2.05) is 6.92 Å². The smallest absolute Gasteiger partial charge is 0.417 e. The van der Waals surface area contributed by atoms with Gasteiger partial charge < -0.3 is 9.64 Å². The molecule has 0 N–H and O–H groups in total. The lowest BCUT2D eigenvalue weighted by atomic mass is 9.87. The number of hydrogen-bond acceptors (Lipinski definition) is 3. The van der Waals surface area contributed by atoms with Crippen LogP contribution in [0.5, 0.6) is 5.75 Å². The normalized spacial score (nSPS) is 19.6. The minimum absolute atomic E-state index is 0.0797. The molecular formula is C22H24F4N2O2. The van der Waals surface area contributed by atoms with Crippen LogP contribution in [0.3, 0.4) is 0 Å². The Morgan fingerprint density at radius 1 is 1.27 bits per heavy atom. The van der Waals surface area contributed by atoms with Gasteiger partial charge in [0.2, 0.25) is 0 Å². The number of halogens is 4. The third-order valence-corrected chi connectivity index (χ3v) is 5.63. The summed E-state index contributed by atoms with van der Waals surface area (Å²) >= 11 is 0. The molecule has 8 heteroatoms. The molecule has 1 fully saturated rings. The van der Waals surface area contributed by atoms with E-state index in [4.69, 9.17) is 4.74 Å². The molecule has 1 aromatic carbocycles. The molecule has 1 saturated heterocycles. The Labute approximate surface area is 172 Å². The molecular weight excluding hydrogens is 400 g/mol. The van der Waals surface area contributed by atoms with Crippen molar-refractivity contribution in [3.8, 4) is 5.75 Å². The van der Waals surface area contributed by atoms with Crippen LogP contribution in [0.15, 0.2) is 36.5 Å². The second-order valence-corrected chi connectivity index (χ2v) is 7.58. The van der Waals surface area contributed by atoms with E-state index in [2.05, 4.69) is 4.98 Å². The number of aromatic nitrogens is 1. The Kier molecular flexibility index (Phi) is 6.63. The van der Waals surface area contributed by atoms with Crippen LogP contribution in [-0.2, 0) is 12.6 Å². The SMILES string of the molecule is COc1c(F)cccc1C(=O)N1CCC[C@@H](C)[C@H]1CCc1ccc(C(F)(F)F)cn1. The van der Waals surface area contributed by atoms with Crippen molar-refractivity contribution >= 4 is 5.91 Å². The van der Waals surface area contributed by atoms with Crippen molar-refractivity contribution in [3.05, 3.63) is 59.2 Å². The molecule has 2 atom stereocenters. The lowest BCUT2D eigenvalue weighted by Crippen LogP contribution is -2.48. The number of carbonyl (C=O) groups excluding carboxylic acids is 1. The standard InChI is InChI=1S/C22H24F4N2O2/c1-14-5-4-12-28(21(29)17-6-3-7-18(23)20(17)30-2)19(14)11-10-16-9-8-15(13-27-16)22(24,25)26/h3,6-9,13-14,19H,4-5,10-12H2,1-2H3/t14-,19-/m1/s1. The molecule has 0 aliphatic carbocycles. The van der Waals surface area contributed by atoms with E-state index in [-0.39, 0.29) is 29.2 Å². The van der Waals surface area contributed by atoms with Gasteiger partial charge in [0.25, 0.3) is 5.91 Å². The molecule has 2 aromatic rings. The summed E-state index contributed by atoms with van der Waals surface area (Å²) in [5, 5.41) is 0. The Balaban J connectivity index is 1.77. The van der Waals surface area contributed by atoms with Gasteiger partial charge in [-0.2, -0.15) is 13.2 Å². The van der Waals surface area contributed by atoms with Crippen molar-refractivity contribution in [1.29, 1.82) is 0 Å². The van der Waals surface area contributed by atoms with E-state index < -0.39 is 17.6 Å². The van der Waals surface area contributed by atoms with E-state index in [1.54, 1.807) is 4.90 Å². The van der Waals surface area contributed by atoms with Gasteiger partial charge in [0.1, 0.15) is 0 Å². The lowest BCUT2D eigenvalue weighted by molar-refractivity contribution is -0.137. The highest BCUT2D eigenvalue weighted by Crippen LogP contribution is 2.32. The zero-order valence-corrected chi connectivity index (χ0v) is 16.9. The highest BCUT2D eigenvalue weighted by molar-refractivity contribution is 5.97. The number of para-hydroxylation sites is 1. The summed E-state index contributed by atoms with van der Waals surface area (Å²) in [5.41, 5.74) is -0.0759. The number of aryl methyl sites for hydroxylation is 1. The Hall–Kier alpha value is -2.64. The number of alkyl halides is 3. The number of rotatable bonds is 5. The predicted molar refractivity (Wildman–Crippen MR) is 104 cm³/mol. The second-order valence-electron chi connectivity index (χ2n) is 7.58. The first-order chi connectivity index (χ1) is 14.2. The molecule has 162 valence electrons. The van der Waals surface area contributed by atoms with Crippen molar-refractivity contribution in [1.82, 2.24) is 9.88 Å². The minimum atomic E-state index is -4.42. The maximum atomic E-state index is 14.1. The summed E-state index contributed by atoms with van der Waals surface area (Å²) in [6.45, 7) is 2.58. The molecule has 0 spiro atoms. The highest BCUT2D eigenvalue weighted by atomic mass is 19.4. The summed E-state index contributed by atoms with van der Waals surface area (Å²) in [7, 11) is 1.32. The topological polar surface area (TPSA) is 42.4 Å². The number of ether oxygens (including phenoxy) is 1. The van der Waals surface area contributed by atoms with Gasteiger partial charge in [0.05, 0.1) is 18.2 Å². The van der Waals surface area contributed by atoms with Gasteiger partial charge in [-0.3, -0.25) is 9.78 Å². The fraction of sp³-hybridized carbons (Fsp3) is 0.455. The average molecular weight is 424 g/mol. The van der Waals surface area contributed by atoms with Gasteiger partial charge in [0, 0.05) is 24.5 Å². The summed E-state index contributed by atoms with van der Waals surface area (Å²) < 4.78 is 57.3. The zero-order valence-electron chi connectivity index (χ0n) is 16.9. The van der Waals surface area contributed by atoms with Gasteiger partial charge in [-0.05, 0) is 55.9 Å². The number of pyridine rings is 1. The van der Waals surface area contributed by atoms with Crippen LogP contribution in [-0.4, -0.2) is 35.5 Å². The maximum absolute atomic E-state index is 14.1. The third-order valence-electron chi connectivity index (χ3n) is 5.63. The van der Waals surface area contributed by atoms with Crippen molar-refractivity contribution in [2.24, 2.45) is 5.92 Å². The fourth-order valence-corrected chi connectivity index (χ4v) is 4.02. The van der Waals surface area contributed by atoms with Gasteiger partial charge in [-0.1, -0.05) is 13.0 Å². The van der Waals surface area contributed by atoms with E-state index in [1.165, 1.54) is 31.4 Å². The molecule has 30 heavy (non-hydrogen) atoms. The van der Waals surface area contributed by atoms with Gasteiger partial charge in [-0.25, -0.2) is 4.39 Å². The Morgan fingerprint density at radius 2 is 2.03 bits per heavy atom. The Morgan fingerprint density at radius 3 is 2.67 bits per heavy atom. The molecule has 4 nitrogen and oxygen atoms in total. The number of methoxy groups -OCH3 is 1. The third kappa shape index (κ3) is 4.74. The monoisotopic (exact) mass is 424 g/mol. The first-order valence-corrected chi connectivity index (χ1v) is 9.88.